The van der Waals surface area contributed by atoms with E-state index >= 15 is 0 Å². The molecule has 1 aliphatic heterocycles. The molecule has 5 nitrogen and oxygen atoms in total. The summed E-state index contributed by atoms with van der Waals surface area (Å²) in [5.74, 6) is 0.473. The zero-order chi connectivity index (χ0) is 20.0. The second-order valence-electron chi connectivity index (χ2n) is 7.57. The van der Waals surface area contributed by atoms with Crippen molar-refractivity contribution in [2.45, 2.75) is 23.2 Å². The van der Waals surface area contributed by atoms with Gasteiger partial charge in [0.1, 0.15) is 5.82 Å². The molecule has 1 N–H and O–H groups in total. The summed E-state index contributed by atoms with van der Waals surface area (Å²) in [4.78, 5) is 11.8. The van der Waals surface area contributed by atoms with Crippen LogP contribution in [0.3, 0.4) is 0 Å². The van der Waals surface area contributed by atoms with Crippen LogP contribution in [-0.2, 0) is 16.2 Å². The van der Waals surface area contributed by atoms with Crippen LogP contribution in [0.5, 0.6) is 0 Å². The van der Waals surface area contributed by atoms with Crippen LogP contribution in [0.15, 0.2) is 59.8 Å². The minimum absolute atomic E-state index is 0.113. The molecule has 3 aromatic rings. The molecule has 7 heteroatoms. The Kier molecular flexibility index (Phi) is 4.44. The van der Waals surface area contributed by atoms with Gasteiger partial charge < -0.3 is 10.0 Å². The van der Waals surface area contributed by atoms with Crippen LogP contribution in [0.4, 0.5) is 16.0 Å². The summed E-state index contributed by atoms with van der Waals surface area (Å²) in [6.07, 6.45) is 5.52. The van der Waals surface area contributed by atoms with Crippen molar-refractivity contribution < 1.29 is 13.7 Å². The Morgan fingerprint density at radius 2 is 1.90 bits per heavy atom. The zero-order valence-corrected chi connectivity index (χ0v) is 16.5. The number of aliphatic hydroxyl groups is 1. The molecule has 5 rings (SSSR count). The average molecular weight is 409 g/mol. The largest absolute Gasteiger partial charge is 0.395 e. The zero-order valence-electron chi connectivity index (χ0n) is 15.7. The molecule has 2 aromatic carbocycles. The normalized spacial score (nSPS) is 17.4. The van der Waals surface area contributed by atoms with E-state index in [1.165, 1.54) is 11.6 Å². The fourth-order valence-corrected chi connectivity index (χ4v) is 4.91. The SMILES string of the molecule is O=S(CCO)c1ccc2c(c1)N(c1ncc(-c3ccccc3F)cn1)CC21CC1. The first-order chi connectivity index (χ1) is 14.1. The molecule has 1 aliphatic carbocycles. The van der Waals surface area contributed by atoms with Gasteiger partial charge in [-0.2, -0.15) is 0 Å². The second kappa shape index (κ2) is 7.00. The summed E-state index contributed by atoms with van der Waals surface area (Å²) in [5.41, 5.74) is 3.44. The highest BCUT2D eigenvalue weighted by molar-refractivity contribution is 7.85. The molecule has 0 bridgehead atoms. The van der Waals surface area contributed by atoms with E-state index in [1.807, 2.05) is 12.1 Å². The third-order valence-corrected chi connectivity index (χ3v) is 7.08. The highest BCUT2D eigenvalue weighted by Gasteiger charge is 2.52. The van der Waals surface area contributed by atoms with Crippen molar-refractivity contribution in [3.05, 3.63) is 66.2 Å². The Hall–Kier alpha value is -2.64. The molecule has 2 aliphatic rings. The molecule has 0 radical (unpaired) electrons. The Morgan fingerprint density at radius 3 is 2.59 bits per heavy atom. The smallest absolute Gasteiger partial charge is 0.229 e. The molecule has 29 heavy (non-hydrogen) atoms. The highest BCUT2D eigenvalue weighted by Crippen LogP contribution is 2.57. The number of fused-ring (bicyclic) bond motifs is 2. The van der Waals surface area contributed by atoms with Crippen molar-refractivity contribution >= 4 is 22.4 Å². The van der Waals surface area contributed by atoms with Crippen molar-refractivity contribution in [2.24, 2.45) is 0 Å². The molecule has 1 aromatic heterocycles. The molecule has 1 unspecified atom stereocenters. The van der Waals surface area contributed by atoms with Crippen molar-refractivity contribution in [3.63, 3.8) is 0 Å². The number of hydrogen-bond donors (Lipinski definition) is 1. The predicted molar refractivity (Wildman–Crippen MR) is 110 cm³/mol. The molecular weight excluding hydrogens is 389 g/mol. The van der Waals surface area contributed by atoms with Crippen LogP contribution in [0.2, 0.25) is 0 Å². The Bertz CT molecular complexity index is 1100. The number of nitrogens with zero attached hydrogens (tertiary/aromatic N) is 3. The van der Waals surface area contributed by atoms with Crippen molar-refractivity contribution in [1.82, 2.24) is 9.97 Å². The first-order valence-corrected chi connectivity index (χ1v) is 10.9. The lowest BCUT2D eigenvalue weighted by Gasteiger charge is -2.18. The standard InChI is InChI=1S/C22H20FN3O2S/c23-19-4-2-1-3-17(19)15-12-24-21(25-13-15)26-14-22(7-8-22)18-6-5-16(11-20(18)26)29(28)10-9-27/h1-6,11-13,27H,7-10,14H2. The number of halogens is 1. The van der Waals surface area contributed by atoms with Crippen molar-refractivity contribution in [1.29, 1.82) is 0 Å². The van der Waals surface area contributed by atoms with E-state index in [2.05, 4.69) is 20.9 Å². The lowest BCUT2D eigenvalue weighted by Crippen LogP contribution is -2.21. The third-order valence-electron chi connectivity index (χ3n) is 5.75. The van der Waals surface area contributed by atoms with Crippen LogP contribution in [-0.4, -0.2) is 38.2 Å². The van der Waals surface area contributed by atoms with Gasteiger partial charge in [-0.3, -0.25) is 4.21 Å². The maximum atomic E-state index is 14.1. The Labute approximate surface area is 170 Å². The number of anilines is 2. The van der Waals surface area contributed by atoms with Gasteiger partial charge in [0.15, 0.2) is 0 Å². The molecule has 2 heterocycles. The van der Waals surface area contributed by atoms with Crippen LogP contribution in [0, 0.1) is 5.82 Å². The number of aromatic nitrogens is 2. The molecule has 1 fully saturated rings. The first kappa shape index (κ1) is 18.4. The monoisotopic (exact) mass is 409 g/mol. The van der Waals surface area contributed by atoms with Crippen LogP contribution in [0.1, 0.15) is 18.4 Å². The molecule has 1 saturated carbocycles. The van der Waals surface area contributed by atoms with E-state index in [0.717, 1.165) is 25.1 Å². The van der Waals surface area contributed by atoms with Gasteiger partial charge >= 0.3 is 0 Å². The quantitative estimate of drug-likeness (QED) is 0.698. The maximum absolute atomic E-state index is 14.1. The Balaban J connectivity index is 1.51. The second-order valence-corrected chi connectivity index (χ2v) is 9.14. The summed E-state index contributed by atoms with van der Waals surface area (Å²) in [7, 11) is -1.24. The summed E-state index contributed by atoms with van der Waals surface area (Å²) >= 11 is 0. The van der Waals surface area contributed by atoms with E-state index in [-0.39, 0.29) is 23.6 Å². The van der Waals surface area contributed by atoms with Crippen molar-refractivity contribution in [2.75, 3.05) is 23.8 Å². The first-order valence-electron chi connectivity index (χ1n) is 9.60. The van der Waals surface area contributed by atoms with Crippen LogP contribution >= 0.6 is 0 Å². The van der Waals surface area contributed by atoms with Crippen LogP contribution in [0.25, 0.3) is 11.1 Å². The van der Waals surface area contributed by atoms with Gasteiger partial charge in [0.05, 0.1) is 23.2 Å². The van der Waals surface area contributed by atoms with E-state index in [4.69, 9.17) is 5.11 Å². The third kappa shape index (κ3) is 3.14. The number of hydrogen-bond acceptors (Lipinski definition) is 5. The number of rotatable bonds is 5. The Morgan fingerprint density at radius 1 is 1.14 bits per heavy atom. The fourth-order valence-electron chi connectivity index (χ4n) is 4.05. The van der Waals surface area contributed by atoms with E-state index < -0.39 is 10.8 Å². The molecular formula is C22H20FN3O2S. The van der Waals surface area contributed by atoms with Gasteiger partial charge in [-0.25, -0.2) is 14.4 Å². The number of benzene rings is 2. The topological polar surface area (TPSA) is 66.3 Å². The van der Waals surface area contributed by atoms with Gasteiger partial charge in [-0.15, -0.1) is 0 Å². The molecule has 0 amide bonds. The minimum Gasteiger partial charge on any atom is -0.395 e. The lowest BCUT2D eigenvalue weighted by atomic mass is 9.99. The summed E-state index contributed by atoms with van der Waals surface area (Å²) in [6.45, 7) is 0.676. The molecule has 1 atom stereocenters. The summed E-state index contributed by atoms with van der Waals surface area (Å²) < 4.78 is 26.4. The predicted octanol–water partition coefficient (Wildman–Crippen LogP) is 3.57. The fraction of sp³-hybridized carbons (Fsp3) is 0.273. The maximum Gasteiger partial charge on any atom is 0.229 e. The van der Waals surface area contributed by atoms with Crippen molar-refractivity contribution in [3.8, 4) is 11.1 Å². The van der Waals surface area contributed by atoms with Gasteiger partial charge in [0.2, 0.25) is 5.95 Å². The van der Waals surface area contributed by atoms with Gasteiger partial charge in [-0.1, -0.05) is 24.3 Å². The average Bonchev–Trinajstić information content (AvgIpc) is 3.45. The van der Waals surface area contributed by atoms with E-state index in [9.17, 15) is 8.60 Å². The highest BCUT2D eigenvalue weighted by atomic mass is 32.2. The molecule has 1 spiro atoms. The van der Waals surface area contributed by atoms with Crippen LogP contribution < -0.4 is 4.90 Å². The minimum atomic E-state index is -1.24. The van der Waals surface area contributed by atoms with Gasteiger partial charge in [0.25, 0.3) is 0 Å². The molecule has 148 valence electrons. The number of aliphatic hydroxyl groups excluding tert-OH is 1. The summed E-state index contributed by atoms with van der Waals surface area (Å²) in [5, 5.41) is 9.10. The van der Waals surface area contributed by atoms with E-state index in [1.54, 1.807) is 30.6 Å². The summed E-state index contributed by atoms with van der Waals surface area (Å²) in [6, 6.07) is 12.5. The lowest BCUT2D eigenvalue weighted by molar-refractivity contribution is 0.321. The van der Waals surface area contributed by atoms with E-state index in [0.29, 0.717) is 22.0 Å². The molecule has 0 saturated heterocycles. The van der Waals surface area contributed by atoms with Gasteiger partial charge in [0, 0.05) is 46.1 Å². The van der Waals surface area contributed by atoms with Gasteiger partial charge in [-0.05, 0) is 36.6 Å².